The molecule has 114 valence electrons. The zero-order valence-corrected chi connectivity index (χ0v) is 13.9. The molecule has 1 heterocycles. The van der Waals surface area contributed by atoms with Crippen molar-refractivity contribution in [2.24, 2.45) is 0 Å². The Hall–Kier alpha value is -1.12. The van der Waals surface area contributed by atoms with E-state index in [-0.39, 0.29) is 0 Å². The largest absolute Gasteiger partial charge is 0.306 e. The van der Waals surface area contributed by atoms with Gasteiger partial charge in [0, 0.05) is 4.88 Å². The van der Waals surface area contributed by atoms with E-state index in [2.05, 4.69) is 60.1 Å². The summed E-state index contributed by atoms with van der Waals surface area (Å²) in [5.74, 6) is 0. The Morgan fingerprint density at radius 3 is 2.38 bits per heavy atom. The van der Waals surface area contributed by atoms with Gasteiger partial charge < -0.3 is 5.32 Å². The third-order valence-corrected chi connectivity index (χ3v) is 4.78. The molecular weight excluding hydrogens is 274 g/mol. The lowest BCUT2D eigenvalue weighted by molar-refractivity contribution is 0.546. The maximum atomic E-state index is 3.74. The monoisotopic (exact) mass is 301 g/mol. The number of hydrogen-bond donors (Lipinski definition) is 1. The van der Waals surface area contributed by atoms with Crippen LogP contribution in [0, 0.1) is 0 Å². The fourth-order valence-electron chi connectivity index (χ4n) is 2.64. The average molecular weight is 301 g/mol. The van der Waals surface area contributed by atoms with Crippen molar-refractivity contribution in [3.63, 3.8) is 0 Å². The van der Waals surface area contributed by atoms with Crippen molar-refractivity contribution in [1.82, 2.24) is 5.32 Å². The van der Waals surface area contributed by atoms with E-state index in [0.717, 1.165) is 6.54 Å². The molecule has 1 unspecified atom stereocenters. The number of unbranched alkanes of at least 4 members (excludes halogenated alkanes) is 5. The summed E-state index contributed by atoms with van der Waals surface area (Å²) in [5.41, 5.74) is 1.37. The third kappa shape index (κ3) is 5.64. The Morgan fingerprint density at radius 2 is 1.67 bits per heavy atom. The first-order chi connectivity index (χ1) is 10.4. The fraction of sp³-hybridized carbons (Fsp3) is 0.474. The van der Waals surface area contributed by atoms with Gasteiger partial charge in [-0.1, -0.05) is 75.4 Å². The van der Waals surface area contributed by atoms with Crippen LogP contribution in [0.25, 0.3) is 0 Å². The first-order valence-corrected chi connectivity index (χ1v) is 9.11. The van der Waals surface area contributed by atoms with Gasteiger partial charge in [-0.3, -0.25) is 0 Å². The molecule has 1 atom stereocenters. The van der Waals surface area contributed by atoms with E-state index in [9.17, 15) is 0 Å². The van der Waals surface area contributed by atoms with Crippen LogP contribution in [0.3, 0.4) is 0 Å². The minimum Gasteiger partial charge on any atom is -0.306 e. The second-order valence-electron chi connectivity index (χ2n) is 5.58. The lowest BCUT2D eigenvalue weighted by Crippen LogP contribution is -2.22. The van der Waals surface area contributed by atoms with Crippen molar-refractivity contribution in [2.75, 3.05) is 6.54 Å². The quantitative estimate of drug-likeness (QED) is 0.548. The molecule has 0 saturated heterocycles. The Morgan fingerprint density at radius 1 is 0.905 bits per heavy atom. The number of thiophene rings is 1. The lowest BCUT2D eigenvalue weighted by atomic mass is 10.0. The van der Waals surface area contributed by atoms with Crippen molar-refractivity contribution in [2.45, 2.75) is 51.5 Å². The molecule has 2 aromatic rings. The Balaban J connectivity index is 1.81. The molecule has 0 fully saturated rings. The van der Waals surface area contributed by atoms with E-state index in [0.29, 0.717) is 6.04 Å². The number of rotatable bonds is 10. The molecule has 2 rings (SSSR count). The molecule has 0 aliphatic carbocycles. The van der Waals surface area contributed by atoms with Crippen molar-refractivity contribution in [1.29, 1.82) is 0 Å². The van der Waals surface area contributed by atoms with Crippen LogP contribution in [0.1, 0.15) is 61.9 Å². The molecule has 0 aliphatic rings. The normalized spacial score (nSPS) is 12.4. The van der Waals surface area contributed by atoms with Crippen LogP contribution in [0.15, 0.2) is 47.8 Å². The van der Waals surface area contributed by atoms with Crippen LogP contribution in [-0.4, -0.2) is 6.54 Å². The molecule has 1 nitrogen and oxygen atoms in total. The predicted molar refractivity (Wildman–Crippen MR) is 94.0 cm³/mol. The third-order valence-electron chi connectivity index (χ3n) is 3.84. The first kappa shape index (κ1) is 16.3. The Labute approximate surface area is 133 Å². The molecule has 1 aromatic heterocycles. The maximum absolute atomic E-state index is 3.74. The van der Waals surface area contributed by atoms with Gasteiger partial charge in [-0.2, -0.15) is 0 Å². The molecule has 0 amide bonds. The summed E-state index contributed by atoms with van der Waals surface area (Å²) < 4.78 is 0. The van der Waals surface area contributed by atoms with E-state index in [1.165, 1.54) is 49.0 Å². The highest BCUT2D eigenvalue weighted by molar-refractivity contribution is 7.10. The molecule has 0 aliphatic heterocycles. The van der Waals surface area contributed by atoms with E-state index in [1.807, 2.05) is 11.3 Å². The molecule has 21 heavy (non-hydrogen) atoms. The predicted octanol–water partition coefficient (Wildman–Crippen LogP) is 5.79. The van der Waals surface area contributed by atoms with E-state index in [1.54, 1.807) is 0 Å². The van der Waals surface area contributed by atoms with Gasteiger partial charge in [-0.25, -0.2) is 0 Å². The van der Waals surface area contributed by atoms with Crippen LogP contribution in [-0.2, 0) is 0 Å². The zero-order chi connectivity index (χ0) is 14.8. The van der Waals surface area contributed by atoms with Crippen LogP contribution in [0.4, 0.5) is 0 Å². The summed E-state index contributed by atoms with van der Waals surface area (Å²) in [4.78, 5) is 1.41. The lowest BCUT2D eigenvalue weighted by Gasteiger charge is -2.18. The van der Waals surface area contributed by atoms with Crippen LogP contribution in [0.5, 0.6) is 0 Å². The van der Waals surface area contributed by atoms with Gasteiger partial charge in [0.1, 0.15) is 0 Å². The van der Waals surface area contributed by atoms with Gasteiger partial charge in [0.15, 0.2) is 0 Å². The van der Waals surface area contributed by atoms with Crippen LogP contribution < -0.4 is 5.32 Å². The standard InChI is InChI=1S/C19H27NS/c1-2-3-4-5-6-10-15-20-19(18-14-11-16-21-18)17-12-8-7-9-13-17/h7-9,11-14,16,19-20H,2-6,10,15H2,1H3. The number of nitrogens with one attached hydrogen (secondary N) is 1. The molecule has 2 heteroatoms. The van der Waals surface area contributed by atoms with Crippen molar-refractivity contribution >= 4 is 11.3 Å². The van der Waals surface area contributed by atoms with E-state index in [4.69, 9.17) is 0 Å². The number of benzene rings is 1. The van der Waals surface area contributed by atoms with Gasteiger partial charge in [-0.15, -0.1) is 11.3 Å². The minimum absolute atomic E-state index is 0.349. The first-order valence-electron chi connectivity index (χ1n) is 8.23. The van der Waals surface area contributed by atoms with E-state index >= 15 is 0 Å². The summed E-state index contributed by atoms with van der Waals surface area (Å²) in [5, 5.41) is 5.90. The Kier molecular flexibility index (Phi) is 7.55. The molecule has 1 N–H and O–H groups in total. The van der Waals surface area contributed by atoms with Crippen molar-refractivity contribution < 1.29 is 0 Å². The van der Waals surface area contributed by atoms with Crippen molar-refractivity contribution in [3.8, 4) is 0 Å². The summed E-state index contributed by atoms with van der Waals surface area (Å²) in [7, 11) is 0. The molecule has 0 radical (unpaired) electrons. The van der Waals surface area contributed by atoms with Gasteiger partial charge in [0.25, 0.3) is 0 Å². The molecule has 0 saturated carbocycles. The highest BCUT2D eigenvalue weighted by Crippen LogP contribution is 2.25. The Bertz CT molecular complexity index is 464. The summed E-state index contributed by atoms with van der Waals surface area (Å²) in [6.45, 7) is 3.37. The molecule has 1 aromatic carbocycles. The highest BCUT2D eigenvalue weighted by Gasteiger charge is 2.13. The second-order valence-corrected chi connectivity index (χ2v) is 6.56. The maximum Gasteiger partial charge on any atom is 0.0671 e. The van der Waals surface area contributed by atoms with E-state index < -0.39 is 0 Å². The SMILES string of the molecule is CCCCCCCCNC(c1ccccc1)c1cccs1. The topological polar surface area (TPSA) is 12.0 Å². The van der Waals surface area contributed by atoms with Crippen LogP contribution in [0.2, 0.25) is 0 Å². The highest BCUT2D eigenvalue weighted by atomic mass is 32.1. The summed E-state index contributed by atoms with van der Waals surface area (Å²) in [6, 6.07) is 15.5. The summed E-state index contributed by atoms with van der Waals surface area (Å²) >= 11 is 1.84. The van der Waals surface area contributed by atoms with Gasteiger partial charge in [0.2, 0.25) is 0 Å². The van der Waals surface area contributed by atoms with Gasteiger partial charge >= 0.3 is 0 Å². The average Bonchev–Trinajstić information content (AvgIpc) is 3.05. The zero-order valence-electron chi connectivity index (χ0n) is 13.1. The van der Waals surface area contributed by atoms with Gasteiger partial charge in [0.05, 0.1) is 6.04 Å². The number of hydrogen-bond acceptors (Lipinski definition) is 2. The molecule has 0 bridgehead atoms. The molecular formula is C19H27NS. The smallest absolute Gasteiger partial charge is 0.0671 e. The fourth-order valence-corrected chi connectivity index (χ4v) is 3.46. The second kappa shape index (κ2) is 9.75. The minimum atomic E-state index is 0.349. The molecule has 0 spiro atoms. The van der Waals surface area contributed by atoms with Crippen LogP contribution >= 0.6 is 11.3 Å². The van der Waals surface area contributed by atoms with Gasteiger partial charge in [-0.05, 0) is 30.0 Å². The van der Waals surface area contributed by atoms with Crippen molar-refractivity contribution in [3.05, 3.63) is 58.3 Å². The summed E-state index contributed by atoms with van der Waals surface area (Å²) in [6.07, 6.45) is 8.10.